The van der Waals surface area contributed by atoms with E-state index in [1.165, 1.54) is 12.1 Å². The molecule has 3 rings (SSSR count). The maximum atomic E-state index is 13.3. The molecule has 1 atom stereocenters. The van der Waals surface area contributed by atoms with Gasteiger partial charge in [0, 0.05) is 18.0 Å². The van der Waals surface area contributed by atoms with Crippen LogP contribution >= 0.6 is 0 Å². The number of aryl methyl sites for hydroxylation is 1. The van der Waals surface area contributed by atoms with Gasteiger partial charge in [0.2, 0.25) is 0 Å². The Labute approximate surface area is 190 Å². The maximum absolute atomic E-state index is 13.3. The summed E-state index contributed by atoms with van der Waals surface area (Å²) in [4.78, 5) is 15.2. The quantitative estimate of drug-likeness (QED) is 0.350. The van der Waals surface area contributed by atoms with Crippen LogP contribution in [0.25, 0.3) is 0 Å². The lowest BCUT2D eigenvalue weighted by Gasteiger charge is -2.34. The Bertz CT molecular complexity index is 952. The molecule has 0 bridgehead atoms. The number of rotatable bonds is 9. The van der Waals surface area contributed by atoms with E-state index in [4.69, 9.17) is 4.74 Å². The van der Waals surface area contributed by atoms with Gasteiger partial charge in [0.15, 0.2) is 5.78 Å². The second-order valence-electron chi connectivity index (χ2n) is 8.27. The molecule has 3 nitrogen and oxygen atoms in total. The van der Waals surface area contributed by atoms with Crippen LogP contribution in [0.3, 0.4) is 0 Å². The standard InChI is InChI=1S/C28H32FNO2/c1-4-6-22(7-5-2)27(32-26-14-12-25(29)13-15-26)20-30-18-16-24(17-19-30)28(31)23-10-8-21(3)9-11-23/h4-15,24,27H,1,16-20H2,2-3H3/b7-5-,22-6+. The summed E-state index contributed by atoms with van der Waals surface area (Å²) < 4.78 is 19.6. The number of Topliss-reactive ketones (excluding diaryl/α,β-unsaturated/α-hetero) is 1. The number of halogens is 1. The average Bonchev–Trinajstić information content (AvgIpc) is 2.80. The van der Waals surface area contributed by atoms with Gasteiger partial charge in [-0.3, -0.25) is 9.69 Å². The van der Waals surface area contributed by atoms with Gasteiger partial charge in [0.1, 0.15) is 17.7 Å². The van der Waals surface area contributed by atoms with Crippen LogP contribution in [0.15, 0.2) is 85.0 Å². The number of carbonyl (C=O) groups is 1. The average molecular weight is 434 g/mol. The van der Waals surface area contributed by atoms with Crippen molar-refractivity contribution in [3.8, 4) is 5.75 Å². The summed E-state index contributed by atoms with van der Waals surface area (Å²) in [7, 11) is 0. The van der Waals surface area contributed by atoms with Gasteiger partial charge >= 0.3 is 0 Å². The Kier molecular flexibility index (Phi) is 8.57. The number of ketones is 1. The highest BCUT2D eigenvalue weighted by Crippen LogP contribution is 2.24. The minimum atomic E-state index is -0.287. The third-order valence-electron chi connectivity index (χ3n) is 5.85. The van der Waals surface area contributed by atoms with Gasteiger partial charge in [-0.1, -0.05) is 60.7 Å². The molecule has 4 heteroatoms. The fourth-order valence-electron chi connectivity index (χ4n) is 4.05. The van der Waals surface area contributed by atoms with Gasteiger partial charge in [-0.25, -0.2) is 4.39 Å². The monoisotopic (exact) mass is 433 g/mol. The maximum Gasteiger partial charge on any atom is 0.166 e. The van der Waals surface area contributed by atoms with Crippen LogP contribution < -0.4 is 4.74 Å². The number of hydrogen-bond donors (Lipinski definition) is 0. The third kappa shape index (κ3) is 6.51. The van der Waals surface area contributed by atoms with Crippen molar-refractivity contribution in [1.82, 2.24) is 4.90 Å². The molecule has 0 aliphatic carbocycles. The van der Waals surface area contributed by atoms with E-state index in [2.05, 4.69) is 11.5 Å². The smallest absolute Gasteiger partial charge is 0.166 e. The number of hydrogen-bond acceptors (Lipinski definition) is 3. The Morgan fingerprint density at radius 2 is 1.81 bits per heavy atom. The van der Waals surface area contributed by atoms with E-state index < -0.39 is 0 Å². The first-order chi connectivity index (χ1) is 15.5. The normalized spacial score (nSPS) is 16.8. The molecule has 1 fully saturated rings. The molecule has 0 saturated carbocycles. The molecule has 0 N–H and O–H groups in total. The van der Waals surface area contributed by atoms with E-state index in [0.717, 1.165) is 42.6 Å². The molecule has 1 saturated heterocycles. The number of allylic oxidation sites excluding steroid dienone is 3. The van der Waals surface area contributed by atoms with Gasteiger partial charge in [0.05, 0.1) is 0 Å². The molecule has 0 aromatic heterocycles. The summed E-state index contributed by atoms with van der Waals surface area (Å²) in [6.07, 6.45) is 9.14. The van der Waals surface area contributed by atoms with Crippen molar-refractivity contribution in [1.29, 1.82) is 0 Å². The molecule has 0 spiro atoms. The lowest BCUT2D eigenvalue weighted by atomic mass is 9.88. The highest BCUT2D eigenvalue weighted by Gasteiger charge is 2.28. The minimum Gasteiger partial charge on any atom is -0.484 e. The predicted molar refractivity (Wildman–Crippen MR) is 129 cm³/mol. The second kappa shape index (κ2) is 11.6. The Morgan fingerprint density at radius 3 is 2.41 bits per heavy atom. The molecule has 1 unspecified atom stereocenters. The van der Waals surface area contributed by atoms with E-state index in [0.29, 0.717) is 12.3 Å². The fraction of sp³-hybridized carbons (Fsp3) is 0.321. The van der Waals surface area contributed by atoms with Crippen LogP contribution in [-0.2, 0) is 0 Å². The number of piperidine rings is 1. The van der Waals surface area contributed by atoms with Crippen molar-refractivity contribution in [2.24, 2.45) is 5.92 Å². The Hall–Kier alpha value is -2.98. The van der Waals surface area contributed by atoms with Gasteiger partial charge in [-0.2, -0.15) is 0 Å². The van der Waals surface area contributed by atoms with Gasteiger partial charge in [0.25, 0.3) is 0 Å². The van der Waals surface area contributed by atoms with E-state index in [1.807, 2.05) is 56.3 Å². The summed E-state index contributed by atoms with van der Waals surface area (Å²) in [5.74, 6) is 0.638. The van der Waals surface area contributed by atoms with Crippen molar-refractivity contribution in [3.63, 3.8) is 0 Å². The van der Waals surface area contributed by atoms with Crippen molar-refractivity contribution >= 4 is 5.78 Å². The predicted octanol–water partition coefficient (Wildman–Crippen LogP) is 6.16. The van der Waals surface area contributed by atoms with Crippen LogP contribution in [0.5, 0.6) is 5.75 Å². The second-order valence-corrected chi connectivity index (χ2v) is 8.27. The molecule has 1 heterocycles. The van der Waals surface area contributed by atoms with E-state index in [9.17, 15) is 9.18 Å². The molecule has 0 radical (unpaired) electrons. The van der Waals surface area contributed by atoms with Gasteiger partial charge in [-0.15, -0.1) is 0 Å². The van der Waals surface area contributed by atoms with E-state index in [1.54, 1.807) is 18.2 Å². The number of carbonyl (C=O) groups excluding carboxylic acids is 1. The minimum absolute atomic E-state index is 0.0594. The topological polar surface area (TPSA) is 29.5 Å². The lowest BCUT2D eigenvalue weighted by Crippen LogP contribution is -2.42. The van der Waals surface area contributed by atoms with Crippen molar-refractivity contribution in [3.05, 3.63) is 102 Å². The lowest BCUT2D eigenvalue weighted by molar-refractivity contribution is 0.0800. The first kappa shape index (κ1) is 23.7. The van der Waals surface area contributed by atoms with E-state index in [-0.39, 0.29) is 23.6 Å². The van der Waals surface area contributed by atoms with Crippen LogP contribution in [0, 0.1) is 18.7 Å². The van der Waals surface area contributed by atoms with Gasteiger partial charge < -0.3 is 4.74 Å². The summed E-state index contributed by atoms with van der Waals surface area (Å²) in [6.45, 7) is 10.2. The summed E-state index contributed by atoms with van der Waals surface area (Å²) in [6, 6.07) is 14.0. The first-order valence-corrected chi connectivity index (χ1v) is 11.2. The zero-order valence-electron chi connectivity index (χ0n) is 19.0. The molecule has 2 aromatic carbocycles. The molecule has 1 aliphatic rings. The molecule has 32 heavy (non-hydrogen) atoms. The third-order valence-corrected chi connectivity index (χ3v) is 5.85. The fourth-order valence-corrected chi connectivity index (χ4v) is 4.05. The molecular weight excluding hydrogens is 401 g/mol. The number of benzene rings is 2. The summed E-state index contributed by atoms with van der Waals surface area (Å²) in [5.41, 5.74) is 2.97. The van der Waals surface area contributed by atoms with E-state index >= 15 is 0 Å². The highest BCUT2D eigenvalue weighted by atomic mass is 19.1. The molecule has 0 amide bonds. The highest BCUT2D eigenvalue weighted by molar-refractivity contribution is 5.97. The van der Waals surface area contributed by atoms with Crippen LogP contribution in [0.2, 0.25) is 0 Å². The summed E-state index contributed by atoms with van der Waals surface area (Å²) >= 11 is 0. The van der Waals surface area contributed by atoms with Crippen molar-refractivity contribution in [2.75, 3.05) is 19.6 Å². The van der Waals surface area contributed by atoms with Crippen molar-refractivity contribution in [2.45, 2.75) is 32.8 Å². The van der Waals surface area contributed by atoms with Crippen LogP contribution in [0.4, 0.5) is 4.39 Å². The molecular formula is C28H32FNO2. The van der Waals surface area contributed by atoms with Crippen LogP contribution in [-0.4, -0.2) is 36.4 Å². The van der Waals surface area contributed by atoms with Crippen molar-refractivity contribution < 1.29 is 13.9 Å². The molecule has 168 valence electrons. The van der Waals surface area contributed by atoms with Gasteiger partial charge in [-0.05, 0) is 69.6 Å². The zero-order valence-corrected chi connectivity index (χ0v) is 19.0. The van der Waals surface area contributed by atoms with Crippen LogP contribution in [0.1, 0.15) is 35.7 Å². The Balaban J connectivity index is 1.66. The number of ether oxygens (including phenoxy) is 1. The number of likely N-dealkylation sites (tertiary alicyclic amines) is 1. The Morgan fingerprint density at radius 1 is 1.16 bits per heavy atom. The molecule has 1 aliphatic heterocycles. The largest absolute Gasteiger partial charge is 0.484 e. The SMILES string of the molecule is C=C/C=C(\C=C/C)C(CN1CCC(C(=O)c2ccc(C)cc2)CC1)Oc1ccc(F)cc1. The summed E-state index contributed by atoms with van der Waals surface area (Å²) in [5, 5.41) is 0. The number of nitrogens with zero attached hydrogens (tertiary/aromatic N) is 1. The molecule has 2 aromatic rings. The first-order valence-electron chi connectivity index (χ1n) is 11.2. The zero-order chi connectivity index (χ0) is 22.9.